The highest BCUT2D eigenvalue weighted by molar-refractivity contribution is 6.32. The van der Waals surface area contributed by atoms with E-state index in [1.807, 2.05) is 48.5 Å². The molecule has 8 rings (SSSR count). The van der Waals surface area contributed by atoms with E-state index in [1.165, 1.54) is 0 Å². The van der Waals surface area contributed by atoms with Crippen LogP contribution in [0.5, 0.6) is 0 Å². The number of nitrogens with zero attached hydrogens (tertiary/aromatic N) is 2. The first kappa shape index (κ1) is 39.9. The number of carbonyl (C=O) groups is 6. The van der Waals surface area contributed by atoms with Crippen LogP contribution >= 0.6 is 0 Å². The Labute approximate surface area is 343 Å². The highest BCUT2D eigenvalue weighted by Crippen LogP contribution is 2.67. The molecule has 3 aromatic carbocycles. The number of Topliss-reactive ketones (excluding diaryl/α,β-unsaturated/α-hetero) is 2. The molecule has 1 saturated heterocycles. The first-order valence-electron chi connectivity index (χ1n) is 20.3. The van der Waals surface area contributed by atoms with Crippen molar-refractivity contribution in [3.05, 3.63) is 124 Å². The first-order valence-corrected chi connectivity index (χ1v) is 20.3. The van der Waals surface area contributed by atoms with Gasteiger partial charge in [-0.3, -0.25) is 24.1 Å². The second-order valence-electron chi connectivity index (χ2n) is 16.9. The molecule has 0 N–H and O–H groups in total. The summed E-state index contributed by atoms with van der Waals surface area (Å²) in [5, 5.41) is 0. The molecule has 1 spiro atoms. The molecule has 6 atom stereocenters. The maximum absolute atomic E-state index is 15.5. The number of benzene rings is 3. The van der Waals surface area contributed by atoms with E-state index in [2.05, 4.69) is 0 Å². The minimum absolute atomic E-state index is 0.106. The third-order valence-corrected chi connectivity index (χ3v) is 11.8. The average molecular weight is 801 g/mol. The number of carbonyl (C=O) groups excluding carboxylic acids is 6. The number of rotatable bonds is 8. The molecule has 306 valence electrons. The standard InChI is InChI=1S/C47H48N2O10/c1-23(2)56-43(52)34-37-33(36-28-16-10-9-15-27(28)21-22-48(36)38(34)45(54)58-25(5)6)29-17-11-12-18-30(29)40-47(41(50)31-19-13-14-20-32(31)42(47)51)35(44(53)57-24(3)4)39(49(37)40)46(55)59-26(7)8/h9-26,33,35-37,39-40H,1-8H3/t33-,35+,36+,37-,39-,40-/m1/s1. The Morgan fingerprint density at radius 2 is 1.10 bits per heavy atom. The fourth-order valence-electron chi connectivity index (χ4n) is 10.1. The number of fused-ring (bicyclic) bond motifs is 12. The number of ether oxygens (including phenoxy) is 4. The van der Waals surface area contributed by atoms with Gasteiger partial charge in [0.25, 0.3) is 0 Å². The zero-order chi connectivity index (χ0) is 42.2. The van der Waals surface area contributed by atoms with Crippen molar-refractivity contribution < 1.29 is 47.7 Å². The minimum atomic E-state index is -2.26. The van der Waals surface area contributed by atoms with Gasteiger partial charge in [0.1, 0.15) is 23.1 Å². The number of esters is 4. The summed E-state index contributed by atoms with van der Waals surface area (Å²) < 4.78 is 23.8. The van der Waals surface area contributed by atoms with E-state index in [4.69, 9.17) is 18.9 Å². The van der Waals surface area contributed by atoms with Gasteiger partial charge in [0, 0.05) is 23.2 Å². The second-order valence-corrected chi connectivity index (χ2v) is 16.9. The van der Waals surface area contributed by atoms with Crippen LogP contribution in [-0.4, -0.2) is 81.7 Å². The summed E-state index contributed by atoms with van der Waals surface area (Å²) in [5.41, 5.74) is 0.549. The van der Waals surface area contributed by atoms with Crippen LogP contribution in [0.15, 0.2) is 90.3 Å². The molecule has 1 fully saturated rings. The van der Waals surface area contributed by atoms with Crippen molar-refractivity contribution >= 4 is 41.5 Å². The monoisotopic (exact) mass is 800 g/mol. The molecule has 1 aliphatic carbocycles. The van der Waals surface area contributed by atoms with E-state index in [9.17, 15) is 9.59 Å². The summed E-state index contributed by atoms with van der Waals surface area (Å²) in [7, 11) is 0. The van der Waals surface area contributed by atoms with Gasteiger partial charge in [-0.1, -0.05) is 72.8 Å². The number of hydrogen-bond donors (Lipinski definition) is 0. The lowest BCUT2D eigenvalue weighted by molar-refractivity contribution is -0.166. The fraction of sp³-hybridized carbons (Fsp3) is 0.404. The zero-order valence-electron chi connectivity index (χ0n) is 34.3. The molecule has 0 amide bonds. The molecule has 3 aromatic rings. The van der Waals surface area contributed by atoms with E-state index in [0.717, 1.165) is 11.1 Å². The maximum Gasteiger partial charge on any atom is 0.355 e. The Morgan fingerprint density at radius 3 is 1.69 bits per heavy atom. The molecule has 0 unspecified atom stereocenters. The summed E-state index contributed by atoms with van der Waals surface area (Å²) >= 11 is 0. The van der Waals surface area contributed by atoms with Crippen LogP contribution in [0.3, 0.4) is 0 Å². The summed E-state index contributed by atoms with van der Waals surface area (Å²) in [6.45, 7) is 13.4. The Kier molecular flexibility index (Phi) is 9.98. The van der Waals surface area contributed by atoms with Crippen LogP contribution in [0.2, 0.25) is 0 Å². The summed E-state index contributed by atoms with van der Waals surface area (Å²) in [6.07, 6.45) is 0.976. The van der Waals surface area contributed by atoms with Crippen molar-refractivity contribution in [1.82, 2.24) is 9.80 Å². The molecular formula is C47H48N2O10. The maximum atomic E-state index is 15.5. The summed E-state index contributed by atoms with van der Waals surface area (Å²) in [6, 6.07) is 16.4. The van der Waals surface area contributed by atoms with E-state index in [1.54, 1.807) is 102 Å². The van der Waals surface area contributed by atoms with Crippen molar-refractivity contribution in [3.8, 4) is 0 Å². The predicted molar refractivity (Wildman–Crippen MR) is 214 cm³/mol. The quantitative estimate of drug-likeness (QED) is 0.136. The van der Waals surface area contributed by atoms with Crippen LogP contribution in [0, 0.1) is 11.3 Å². The van der Waals surface area contributed by atoms with Gasteiger partial charge in [0.05, 0.1) is 48.1 Å². The first-order chi connectivity index (χ1) is 28.1. The highest BCUT2D eigenvalue weighted by Gasteiger charge is 2.78. The van der Waals surface area contributed by atoms with E-state index >= 15 is 19.2 Å². The van der Waals surface area contributed by atoms with Crippen molar-refractivity contribution in [3.63, 3.8) is 0 Å². The van der Waals surface area contributed by atoms with Gasteiger partial charge in [-0.2, -0.15) is 0 Å². The summed E-state index contributed by atoms with van der Waals surface area (Å²) in [5.74, 6) is -7.32. The van der Waals surface area contributed by atoms with Crippen molar-refractivity contribution in [2.24, 2.45) is 11.3 Å². The van der Waals surface area contributed by atoms with Crippen LogP contribution in [0.1, 0.15) is 116 Å². The highest BCUT2D eigenvalue weighted by atomic mass is 16.6. The number of hydrogen-bond acceptors (Lipinski definition) is 12. The molecule has 0 radical (unpaired) electrons. The zero-order valence-corrected chi connectivity index (χ0v) is 34.3. The topological polar surface area (TPSA) is 146 Å². The minimum Gasteiger partial charge on any atom is -0.463 e. The van der Waals surface area contributed by atoms with Gasteiger partial charge in [-0.05, 0) is 83.7 Å². The lowest BCUT2D eigenvalue weighted by atomic mass is 9.62. The second kappa shape index (κ2) is 14.7. The molecule has 4 heterocycles. The lowest BCUT2D eigenvalue weighted by Crippen LogP contribution is -2.60. The molecule has 5 aliphatic rings. The van der Waals surface area contributed by atoms with E-state index in [-0.39, 0.29) is 22.4 Å². The predicted octanol–water partition coefficient (Wildman–Crippen LogP) is 6.66. The van der Waals surface area contributed by atoms with Gasteiger partial charge in [-0.25, -0.2) is 9.59 Å². The van der Waals surface area contributed by atoms with Crippen LogP contribution in [0.4, 0.5) is 0 Å². The Morgan fingerprint density at radius 1 is 0.593 bits per heavy atom. The average Bonchev–Trinajstić information content (AvgIpc) is 3.62. The van der Waals surface area contributed by atoms with Gasteiger partial charge in [0.15, 0.2) is 11.6 Å². The summed E-state index contributed by atoms with van der Waals surface area (Å²) in [4.78, 5) is 94.1. The van der Waals surface area contributed by atoms with Gasteiger partial charge in [-0.15, -0.1) is 0 Å². The van der Waals surface area contributed by atoms with Crippen LogP contribution in [-0.2, 0) is 38.1 Å². The largest absolute Gasteiger partial charge is 0.463 e. The van der Waals surface area contributed by atoms with E-state index in [0.29, 0.717) is 11.1 Å². The van der Waals surface area contributed by atoms with Gasteiger partial charge in [0.2, 0.25) is 0 Å². The van der Waals surface area contributed by atoms with Gasteiger partial charge >= 0.3 is 23.9 Å². The van der Waals surface area contributed by atoms with E-state index < -0.39 is 101 Å². The van der Waals surface area contributed by atoms with Crippen molar-refractivity contribution in [1.29, 1.82) is 0 Å². The molecule has 12 heteroatoms. The third kappa shape index (κ3) is 5.97. The molecule has 0 bridgehead atoms. The lowest BCUT2D eigenvalue weighted by Gasteiger charge is -2.55. The molecule has 59 heavy (non-hydrogen) atoms. The smallest absolute Gasteiger partial charge is 0.355 e. The molecule has 0 saturated carbocycles. The molecular weight excluding hydrogens is 753 g/mol. The van der Waals surface area contributed by atoms with Gasteiger partial charge < -0.3 is 23.8 Å². The molecule has 0 aromatic heterocycles. The van der Waals surface area contributed by atoms with Crippen LogP contribution < -0.4 is 0 Å². The van der Waals surface area contributed by atoms with Crippen molar-refractivity contribution in [2.45, 2.75) is 110 Å². The van der Waals surface area contributed by atoms with Crippen molar-refractivity contribution in [2.75, 3.05) is 0 Å². The molecule has 12 nitrogen and oxygen atoms in total. The Balaban J connectivity index is 1.54. The SMILES string of the molecule is CC(C)OC(=O)C1=C(C(=O)OC(C)C)N2C=Cc3ccccc3[C@H]2[C@H]2c3ccccc3[C@H]3N([C@@H]12)[C@@H](C(=O)OC(C)C)[C@@H](C(=O)OC(C)C)C31C(=O)c2ccccc2C1=O. The van der Waals surface area contributed by atoms with Crippen LogP contribution in [0.25, 0.3) is 6.08 Å². The normalized spacial score (nSPS) is 24.8. The third-order valence-electron chi connectivity index (χ3n) is 11.8. The molecule has 4 aliphatic heterocycles. The number of ketones is 2. The fourth-order valence-corrected chi connectivity index (χ4v) is 10.1. The Hall–Kier alpha value is -5.88. The Bertz CT molecular complexity index is 2320.